The largest absolute Gasteiger partial charge is 0.464 e. The first-order valence-electron chi connectivity index (χ1n) is 6.33. The van der Waals surface area contributed by atoms with E-state index >= 15 is 0 Å². The van der Waals surface area contributed by atoms with Crippen LogP contribution in [0.15, 0.2) is 18.2 Å². The Morgan fingerprint density at radius 3 is 2.72 bits per heavy atom. The fourth-order valence-corrected chi connectivity index (χ4v) is 1.47. The smallest absolute Gasteiger partial charge is 0.189 e. The van der Waals surface area contributed by atoms with Gasteiger partial charge in [0.25, 0.3) is 0 Å². The second kappa shape index (κ2) is 8.06. The van der Waals surface area contributed by atoms with Gasteiger partial charge in [0, 0.05) is 13.2 Å². The van der Waals surface area contributed by atoms with E-state index in [4.69, 9.17) is 9.47 Å². The number of rotatable bonds is 8. The molecule has 0 bridgehead atoms. The summed E-state index contributed by atoms with van der Waals surface area (Å²) in [7, 11) is 0. The van der Waals surface area contributed by atoms with E-state index in [1.807, 2.05) is 13.0 Å². The SMILES string of the molecule is CCOCOc1ccc(CNCC(C)C)cc1F. The van der Waals surface area contributed by atoms with E-state index in [0.717, 1.165) is 12.1 Å². The van der Waals surface area contributed by atoms with Crippen molar-refractivity contribution < 1.29 is 13.9 Å². The summed E-state index contributed by atoms with van der Waals surface area (Å²) in [5.74, 6) is 0.471. The van der Waals surface area contributed by atoms with Crippen LogP contribution in [0.4, 0.5) is 4.39 Å². The predicted octanol–water partition coefficient (Wildman–Crippen LogP) is 2.94. The first-order chi connectivity index (χ1) is 8.63. The standard InChI is InChI=1S/C14H22FNO2/c1-4-17-10-18-14-6-5-12(7-13(14)15)9-16-8-11(2)3/h5-7,11,16H,4,8-10H2,1-3H3. The normalized spacial score (nSPS) is 10.9. The van der Waals surface area contributed by atoms with E-state index in [1.165, 1.54) is 6.07 Å². The zero-order valence-corrected chi connectivity index (χ0v) is 11.3. The molecule has 0 amide bonds. The average molecular weight is 255 g/mol. The summed E-state index contributed by atoms with van der Waals surface area (Å²) >= 11 is 0. The highest BCUT2D eigenvalue weighted by molar-refractivity contribution is 5.29. The van der Waals surface area contributed by atoms with Crippen LogP contribution in [-0.4, -0.2) is 19.9 Å². The first kappa shape index (κ1) is 14.9. The molecule has 0 saturated heterocycles. The molecule has 0 saturated carbocycles. The molecule has 102 valence electrons. The van der Waals surface area contributed by atoms with E-state index in [9.17, 15) is 4.39 Å². The van der Waals surface area contributed by atoms with Crippen molar-refractivity contribution in [3.63, 3.8) is 0 Å². The van der Waals surface area contributed by atoms with Crippen molar-refractivity contribution in [2.24, 2.45) is 5.92 Å². The Bertz CT molecular complexity index is 356. The molecule has 0 spiro atoms. The van der Waals surface area contributed by atoms with Gasteiger partial charge in [-0.1, -0.05) is 19.9 Å². The summed E-state index contributed by atoms with van der Waals surface area (Å²) in [6.45, 7) is 8.36. The molecule has 4 heteroatoms. The molecule has 0 unspecified atom stereocenters. The topological polar surface area (TPSA) is 30.5 Å². The lowest BCUT2D eigenvalue weighted by Gasteiger charge is -2.10. The van der Waals surface area contributed by atoms with Crippen LogP contribution in [0.5, 0.6) is 5.75 Å². The van der Waals surface area contributed by atoms with Crippen molar-refractivity contribution >= 4 is 0 Å². The quantitative estimate of drug-likeness (QED) is 0.572. The van der Waals surface area contributed by atoms with Crippen molar-refractivity contribution in [1.82, 2.24) is 5.32 Å². The Morgan fingerprint density at radius 1 is 1.33 bits per heavy atom. The third kappa shape index (κ3) is 5.47. The highest BCUT2D eigenvalue weighted by Gasteiger charge is 2.04. The molecular weight excluding hydrogens is 233 g/mol. The van der Waals surface area contributed by atoms with E-state index in [1.54, 1.807) is 6.07 Å². The summed E-state index contributed by atoms with van der Waals surface area (Å²) in [5.41, 5.74) is 0.914. The van der Waals surface area contributed by atoms with Gasteiger partial charge in [0.2, 0.25) is 0 Å². The van der Waals surface area contributed by atoms with Crippen molar-refractivity contribution in [2.45, 2.75) is 27.3 Å². The van der Waals surface area contributed by atoms with Crippen LogP contribution in [0.2, 0.25) is 0 Å². The Morgan fingerprint density at radius 2 is 2.11 bits per heavy atom. The van der Waals surface area contributed by atoms with Crippen LogP contribution in [-0.2, 0) is 11.3 Å². The Hall–Kier alpha value is -1.13. The van der Waals surface area contributed by atoms with Gasteiger partial charge in [-0.3, -0.25) is 0 Å². The van der Waals surface area contributed by atoms with Gasteiger partial charge in [-0.25, -0.2) is 4.39 Å². The summed E-state index contributed by atoms with van der Waals surface area (Å²) in [4.78, 5) is 0. The third-order valence-electron chi connectivity index (χ3n) is 2.38. The maximum absolute atomic E-state index is 13.7. The van der Waals surface area contributed by atoms with Crippen LogP contribution in [0.3, 0.4) is 0 Å². The summed E-state index contributed by atoms with van der Waals surface area (Å²) in [6.07, 6.45) is 0. The highest BCUT2D eigenvalue weighted by atomic mass is 19.1. The second-order valence-corrected chi connectivity index (χ2v) is 4.54. The van der Waals surface area contributed by atoms with E-state index in [2.05, 4.69) is 19.2 Å². The molecule has 0 radical (unpaired) electrons. The van der Waals surface area contributed by atoms with Gasteiger partial charge in [0.1, 0.15) is 0 Å². The minimum atomic E-state index is -0.349. The molecule has 1 aromatic rings. The Labute approximate surface area is 108 Å². The lowest BCUT2D eigenvalue weighted by atomic mass is 10.2. The van der Waals surface area contributed by atoms with Crippen molar-refractivity contribution in [1.29, 1.82) is 0 Å². The van der Waals surface area contributed by atoms with Gasteiger partial charge in [-0.05, 0) is 37.1 Å². The van der Waals surface area contributed by atoms with Gasteiger partial charge < -0.3 is 14.8 Å². The lowest BCUT2D eigenvalue weighted by molar-refractivity contribution is 0.0201. The number of halogens is 1. The molecule has 18 heavy (non-hydrogen) atoms. The molecule has 1 aromatic carbocycles. The third-order valence-corrected chi connectivity index (χ3v) is 2.38. The minimum Gasteiger partial charge on any atom is -0.464 e. The number of benzene rings is 1. The molecule has 0 heterocycles. The monoisotopic (exact) mass is 255 g/mol. The predicted molar refractivity (Wildman–Crippen MR) is 70.1 cm³/mol. The molecular formula is C14H22FNO2. The van der Waals surface area contributed by atoms with E-state index in [0.29, 0.717) is 19.1 Å². The molecule has 0 aliphatic carbocycles. The van der Waals surface area contributed by atoms with Crippen molar-refractivity contribution in [3.8, 4) is 5.75 Å². The highest BCUT2D eigenvalue weighted by Crippen LogP contribution is 2.18. The first-order valence-corrected chi connectivity index (χ1v) is 6.33. The lowest BCUT2D eigenvalue weighted by Crippen LogP contribution is -2.19. The van der Waals surface area contributed by atoms with Crippen molar-refractivity contribution in [3.05, 3.63) is 29.6 Å². The maximum Gasteiger partial charge on any atom is 0.189 e. The molecule has 0 aromatic heterocycles. The number of ether oxygens (including phenoxy) is 2. The number of nitrogens with one attached hydrogen (secondary N) is 1. The van der Waals surface area contributed by atoms with Crippen LogP contribution in [0.25, 0.3) is 0 Å². The van der Waals surface area contributed by atoms with Gasteiger partial charge in [0.05, 0.1) is 0 Å². The van der Waals surface area contributed by atoms with Crippen molar-refractivity contribution in [2.75, 3.05) is 19.9 Å². The van der Waals surface area contributed by atoms with Gasteiger partial charge in [-0.15, -0.1) is 0 Å². The average Bonchev–Trinajstić information content (AvgIpc) is 2.31. The van der Waals surface area contributed by atoms with E-state index < -0.39 is 0 Å². The van der Waals surface area contributed by atoms with Crippen LogP contribution < -0.4 is 10.1 Å². The summed E-state index contributed by atoms with van der Waals surface area (Å²) in [5, 5.41) is 3.27. The van der Waals surface area contributed by atoms with Crippen LogP contribution in [0, 0.1) is 11.7 Å². The number of hydrogen-bond acceptors (Lipinski definition) is 3. The van der Waals surface area contributed by atoms with Gasteiger partial charge >= 0.3 is 0 Å². The fraction of sp³-hybridized carbons (Fsp3) is 0.571. The zero-order valence-electron chi connectivity index (χ0n) is 11.3. The Kier molecular flexibility index (Phi) is 6.68. The van der Waals surface area contributed by atoms with Gasteiger partial charge in [0.15, 0.2) is 18.4 Å². The molecule has 0 fully saturated rings. The molecule has 0 aliphatic rings. The van der Waals surface area contributed by atoms with E-state index in [-0.39, 0.29) is 18.4 Å². The second-order valence-electron chi connectivity index (χ2n) is 4.54. The van der Waals surface area contributed by atoms with Crippen LogP contribution >= 0.6 is 0 Å². The minimum absolute atomic E-state index is 0.0817. The number of hydrogen-bond donors (Lipinski definition) is 1. The molecule has 3 nitrogen and oxygen atoms in total. The summed E-state index contributed by atoms with van der Waals surface area (Å²) < 4.78 is 23.8. The maximum atomic E-state index is 13.7. The van der Waals surface area contributed by atoms with Gasteiger partial charge in [-0.2, -0.15) is 0 Å². The Balaban J connectivity index is 2.45. The van der Waals surface area contributed by atoms with Crippen LogP contribution in [0.1, 0.15) is 26.3 Å². The fourth-order valence-electron chi connectivity index (χ4n) is 1.47. The molecule has 1 rings (SSSR count). The molecule has 0 aliphatic heterocycles. The zero-order chi connectivity index (χ0) is 13.4. The molecule has 0 atom stereocenters. The summed E-state index contributed by atoms with van der Waals surface area (Å²) in [6, 6.07) is 4.99. The molecule has 1 N–H and O–H groups in total.